The average molecular weight is 196 g/mol. The second-order valence-corrected chi connectivity index (χ2v) is 3.97. The van der Waals surface area contributed by atoms with Crippen LogP contribution in [-0.4, -0.2) is 27.5 Å². The summed E-state index contributed by atoms with van der Waals surface area (Å²) in [6, 6.07) is 0. The molecule has 6 nitrogen and oxygen atoms in total. The molecule has 0 aliphatic carbocycles. The van der Waals surface area contributed by atoms with Gasteiger partial charge in [0.25, 0.3) is 0 Å². The summed E-state index contributed by atoms with van der Waals surface area (Å²) < 4.78 is 0. The van der Waals surface area contributed by atoms with Gasteiger partial charge in [-0.25, -0.2) is 0 Å². The van der Waals surface area contributed by atoms with Gasteiger partial charge in [-0.1, -0.05) is 0 Å². The summed E-state index contributed by atoms with van der Waals surface area (Å²) in [7, 11) is 1.73. The van der Waals surface area contributed by atoms with Gasteiger partial charge in [0.15, 0.2) is 0 Å². The molecule has 1 heterocycles. The smallest absolute Gasteiger partial charge is 0.229 e. The first-order valence-electron chi connectivity index (χ1n) is 4.38. The number of nitrogens with two attached hydrogens (primary N) is 1. The molecular formula is C8H16N6. The van der Waals surface area contributed by atoms with Crippen molar-refractivity contribution in [2.24, 2.45) is 0 Å². The summed E-state index contributed by atoms with van der Waals surface area (Å²) >= 11 is 0. The van der Waals surface area contributed by atoms with E-state index >= 15 is 0 Å². The van der Waals surface area contributed by atoms with Crippen LogP contribution in [0.3, 0.4) is 0 Å². The Hall–Kier alpha value is -1.59. The topological polar surface area (TPSA) is 88.8 Å². The van der Waals surface area contributed by atoms with Gasteiger partial charge in [0.1, 0.15) is 0 Å². The van der Waals surface area contributed by atoms with Crippen LogP contribution >= 0.6 is 0 Å². The van der Waals surface area contributed by atoms with Crippen LogP contribution in [0.2, 0.25) is 0 Å². The zero-order chi connectivity index (χ0) is 10.8. The molecule has 1 aromatic rings. The van der Waals surface area contributed by atoms with Gasteiger partial charge in [0.2, 0.25) is 17.8 Å². The van der Waals surface area contributed by atoms with Gasteiger partial charge < -0.3 is 16.4 Å². The molecule has 0 aliphatic heterocycles. The third kappa shape index (κ3) is 3.04. The van der Waals surface area contributed by atoms with Crippen LogP contribution in [-0.2, 0) is 0 Å². The van der Waals surface area contributed by atoms with Gasteiger partial charge in [-0.3, -0.25) is 0 Å². The van der Waals surface area contributed by atoms with E-state index in [0.717, 1.165) is 0 Å². The highest BCUT2D eigenvalue weighted by molar-refractivity contribution is 5.40. The van der Waals surface area contributed by atoms with Crippen molar-refractivity contribution < 1.29 is 0 Å². The van der Waals surface area contributed by atoms with E-state index < -0.39 is 0 Å². The Kier molecular flexibility index (Phi) is 2.73. The molecule has 78 valence electrons. The maximum Gasteiger partial charge on any atom is 0.229 e. The zero-order valence-electron chi connectivity index (χ0n) is 8.92. The molecule has 0 spiro atoms. The fourth-order valence-corrected chi connectivity index (χ4v) is 0.895. The number of hydrogen-bond donors (Lipinski definition) is 3. The molecule has 0 aliphatic rings. The van der Waals surface area contributed by atoms with Crippen molar-refractivity contribution in [2.45, 2.75) is 26.3 Å². The van der Waals surface area contributed by atoms with Crippen molar-refractivity contribution in [2.75, 3.05) is 23.4 Å². The lowest BCUT2D eigenvalue weighted by Gasteiger charge is -2.20. The molecule has 0 fully saturated rings. The number of nitrogen functional groups attached to an aromatic ring is 1. The Labute approximate surface area is 83.4 Å². The lowest BCUT2D eigenvalue weighted by molar-refractivity contribution is 0.625. The maximum atomic E-state index is 5.51. The van der Waals surface area contributed by atoms with Gasteiger partial charge >= 0.3 is 0 Å². The molecule has 4 N–H and O–H groups in total. The highest BCUT2D eigenvalue weighted by atomic mass is 15.2. The minimum atomic E-state index is -0.0984. The predicted molar refractivity (Wildman–Crippen MR) is 57.2 cm³/mol. The average Bonchev–Trinajstić information content (AvgIpc) is 1.99. The summed E-state index contributed by atoms with van der Waals surface area (Å²) in [5, 5.41) is 5.93. The van der Waals surface area contributed by atoms with Crippen molar-refractivity contribution >= 4 is 17.8 Å². The van der Waals surface area contributed by atoms with E-state index in [1.165, 1.54) is 0 Å². The van der Waals surface area contributed by atoms with E-state index in [4.69, 9.17) is 5.73 Å². The molecule has 0 aromatic carbocycles. The quantitative estimate of drug-likeness (QED) is 0.645. The molecular weight excluding hydrogens is 180 g/mol. The van der Waals surface area contributed by atoms with Crippen molar-refractivity contribution in [1.29, 1.82) is 0 Å². The Morgan fingerprint density at radius 2 is 1.64 bits per heavy atom. The molecule has 1 aromatic heterocycles. The van der Waals surface area contributed by atoms with Crippen LogP contribution in [0.25, 0.3) is 0 Å². The monoisotopic (exact) mass is 196 g/mol. The van der Waals surface area contributed by atoms with Crippen molar-refractivity contribution in [3.63, 3.8) is 0 Å². The summed E-state index contributed by atoms with van der Waals surface area (Å²) in [6.07, 6.45) is 0. The Bertz CT molecular complexity index is 316. The van der Waals surface area contributed by atoms with Crippen LogP contribution < -0.4 is 16.4 Å². The fraction of sp³-hybridized carbons (Fsp3) is 0.625. The SMILES string of the molecule is CNc1nc(N)nc(NC(C)(C)C)n1. The second kappa shape index (κ2) is 3.65. The molecule has 0 radical (unpaired) electrons. The molecule has 0 saturated heterocycles. The predicted octanol–water partition coefficient (Wildman–Crippen LogP) is 0.706. The van der Waals surface area contributed by atoms with Crippen LogP contribution in [0, 0.1) is 0 Å². The molecule has 0 unspecified atom stereocenters. The van der Waals surface area contributed by atoms with Gasteiger partial charge in [-0.2, -0.15) is 15.0 Å². The van der Waals surface area contributed by atoms with Gasteiger partial charge in [0, 0.05) is 12.6 Å². The first-order chi connectivity index (χ1) is 6.40. The third-order valence-corrected chi connectivity index (χ3v) is 1.36. The van der Waals surface area contributed by atoms with E-state index in [2.05, 4.69) is 25.6 Å². The van der Waals surface area contributed by atoms with Gasteiger partial charge in [-0.15, -0.1) is 0 Å². The third-order valence-electron chi connectivity index (χ3n) is 1.36. The van der Waals surface area contributed by atoms with Crippen molar-refractivity contribution in [1.82, 2.24) is 15.0 Å². The van der Waals surface area contributed by atoms with E-state index in [9.17, 15) is 0 Å². The van der Waals surface area contributed by atoms with Crippen LogP contribution in [0.1, 0.15) is 20.8 Å². The number of rotatable bonds is 2. The number of nitrogens with zero attached hydrogens (tertiary/aromatic N) is 3. The summed E-state index contributed by atoms with van der Waals surface area (Å²) in [4.78, 5) is 12.0. The second-order valence-electron chi connectivity index (χ2n) is 3.97. The standard InChI is InChI=1S/C8H16N6/c1-8(2,3)14-7-12-5(9)11-6(10-4)13-7/h1-4H3,(H4,9,10,11,12,13,14). The van der Waals surface area contributed by atoms with Gasteiger partial charge in [-0.05, 0) is 20.8 Å². The number of hydrogen-bond acceptors (Lipinski definition) is 6. The summed E-state index contributed by atoms with van der Waals surface area (Å²) in [5.74, 6) is 1.15. The van der Waals surface area contributed by atoms with Crippen molar-refractivity contribution in [3.8, 4) is 0 Å². The molecule has 0 amide bonds. The Morgan fingerprint density at radius 3 is 2.14 bits per heavy atom. The lowest BCUT2D eigenvalue weighted by Crippen LogP contribution is -2.27. The lowest BCUT2D eigenvalue weighted by atomic mass is 10.1. The van der Waals surface area contributed by atoms with E-state index in [1.54, 1.807) is 7.05 Å². The number of nitrogens with one attached hydrogen (secondary N) is 2. The van der Waals surface area contributed by atoms with E-state index in [-0.39, 0.29) is 11.5 Å². The first-order valence-corrected chi connectivity index (χ1v) is 4.38. The Balaban J connectivity index is 2.92. The summed E-state index contributed by atoms with van der Waals surface area (Å²) in [5.41, 5.74) is 5.41. The summed E-state index contributed by atoms with van der Waals surface area (Å²) in [6.45, 7) is 6.06. The van der Waals surface area contributed by atoms with E-state index in [0.29, 0.717) is 11.9 Å². The normalized spacial score (nSPS) is 11.1. The molecule has 6 heteroatoms. The molecule has 0 atom stereocenters. The zero-order valence-corrected chi connectivity index (χ0v) is 8.92. The molecule has 0 saturated carbocycles. The molecule has 0 bridgehead atoms. The van der Waals surface area contributed by atoms with Crippen LogP contribution in [0.15, 0.2) is 0 Å². The maximum absolute atomic E-state index is 5.51. The number of aromatic nitrogens is 3. The Morgan fingerprint density at radius 1 is 1.07 bits per heavy atom. The van der Waals surface area contributed by atoms with Gasteiger partial charge in [0.05, 0.1) is 0 Å². The minimum absolute atomic E-state index is 0.0984. The van der Waals surface area contributed by atoms with Crippen LogP contribution in [0.5, 0.6) is 0 Å². The largest absolute Gasteiger partial charge is 0.368 e. The highest BCUT2D eigenvalue weighted by Gasteiger charge is 2.12. The van der Waals surface area contributed by atoms with Crippen LogP contribution in [0.4, 0.5) is 17.8 Å². The molecule has 14 heavy (non-hydrogen) atoms. The molecule has 1 rings (SSSR count). The highest BCUT2D eigenvalue weighted by Crippen LogP contribution is 2.11. The fourth-order valence-electron chi connectivity index (χ4n) is 0.895. The number of anilines is 3. The van der Waals surface area contributed by atoms with Crippen molar-refractivity contribution in [3.05, 3.63) is 0 Å². The van der Waals surface area contributed by atoms with E-state index in [1.807, 2.05) is 20.8 Å². The first kappa shape index (κ1) is 10.5. The minimum Gasteiger partial charge on any atom is -0.368 e.